The Bertz CT molecular complexity index is 535. The molecular weight excluding hydrogens is 241 g/mol. The fraction of sp³-hybridized carbons (Fsp3) is 0.0769. The first-order valence-corrected chi connectivity index (χ1v) is 5.65. The van der Waals surface area contributed by atoms with Gasteiger partial charge in [0.25, 0.3) is 0 Å². The average molecular weight is 252 g/mol. The van der Waals surface area contributed by atoms with Gasteiger partial charge in [-0.05, 0) is 36.2 Å². The van der Waals surface area contributed by atoms with Crippen molar-refractivity contribution >= 4 is 28.9 Å². The molecule has 0 heterocycles. The van der Waals surface area contributed by atoms with E-state index < -0.39 is 0 Å². The zero-order valence-corrected chi connectivity index (χ0v) is 10.3. The number of hydrogen-bond acceptors (Lipinski definition) is 1. The van der Waals surface area contributed by atoms with E-state index in [1.165, 1.54) is 0 Å². The summed E-state index contributed by atoms with van der Waals surface area (Å²) in [6.07, 6.45) is 0. The van der Waals surface area contributed by atoms with Crippen molar-refractivity contribution in [1.29, 1.82) is 0 Å². The summed E-state index contributed by atoms with van der Waals surface area (Å²) in [4.78, 5) is 0. The van der Waals surface area contributed by atoms with Crippen LogP contribution in [0.5, 0.6) is 0 Å². The monoisotopic (exact) mass is 251 g/mol. The lowest BCUT2D eigenvalue weighted by molar-refractivity contribution is 1.46. The Hall–Kier alpha value is -1.18. The number of nitrogens with two attached hydrogens (primary N) is 1. The highest BCUT2D eigenvalue weighted by molar-refractivity contribution is 6.43. The predicted octanol–water partition coefficient (Wildman–Crippen LogP) is 4.55. The average Bonchev–Trinajstić information content (AvgIpc) is 2.23. The van der Waals surface area contributed by atoms with E-state index in [0.717, 1.165) is 22.4 Å². The molecule has 82 valence electrons. The summed E-state index contributed by atoms with van der Waals surface area (Å²) >= 11 is 12.2. The molecule has 2 rings (SSSR count). The van der Waals surface area contributed by atoms with Crippen LogP contribution in [0.4, 0.5) is 5.69 Å². The smallest absolute Gasteiger partial charge is 0.0670 e. The molecule has 0 amide bonds. The maximum atomic E-state index is 6.18. The van der Waals surface area contributed by atoms with E-state index in [2.05, 4.69) is 0 Å². The summed E-state index contributed by atoms with van der Waals surface area (Å²) in [6.45, 7) is 2.00. The zero-order chi connectivity index (χ0) is 11.7. The lowest BCUT2D eigenvalue weighted by atomic mass is 10.00. The number of aryl methyl sites for hydroxylation is 1. The molecular formula is C13H11Cl2N. The Morgan fingerprint density at radius 3 is 2.44 bits per heavy atom. The highest BCUT2D eigenvalue weighted by atomic mass is 35.5. The van der Waals surface area contributed by atoms with Gasteiger partial charge in [-0.25, -0.2) is 0 Å². The number of rotatable bonds is 1. The van der Waals surface area contributed by atoms with Gasteiger partial charge in [-0.2, -0.15) is 0 Å². The molecule has 0 unspecified atom stereocenters. The molecule has 0 aliphatic carbocycles. The third-order valence-corrected chi connectivity index (χ3v) is 3.31. The molecule has 0 aromatic heterocycles. The molecule has 0 spiro atoms. The Morgan fingerprint density at radius 1 is 1.00 bits per heavy atom. The van der Waals surface area contributed by atoms with E-state index in [1.54, 1.807) is 6.07 Å². The van der Waals surface area contributed by atoms with Crippen molar-refractivity contribution in [3.05, 3.63) is 52.0 Å². The minimum Gasteiger partial charge on any atom is -0.399 e. The molecule has 0 radical (unpaired) electrons. The molecule has 0 fully saturated rings. The Labute approximate surface area is 105 Å². The molecule has 2 aromatic carbocycles. The minimum atomic E-state index is 0.565. The van der Waals surface area contributed by atoms with Gasteiger partial charge in [0.1, 0.15) is 0 Å². The van der Waals surface area contributed by atoms with Gasteiger partial charge in [0.2, 0.25) is 0 Å². The van der Waals surface area contributed by atoms with Crippen LogP contribution < -0.4 is 5.73 Å². The minimum absolute atomic E-state index is 0.565. The lowest BCUT2D eigenvalue weighted by Gasteiger charge is -2.09. The summed E-state index contributed by atoms with van der Waals surface area (Å²) in [7, 11) is 0. The van der Waals surface area contributed by atoms with Crippen LogP contribution in [0.2, 0.25) is 10.0 Å². The van der Waals surface area contributed by atoms with Crippen LogP contribution in [0, 0.1) is 6.92 Å². The number of nitrogen functional groups attached to an aromatic ring is 1. The van der Waals surface area contributed by atoms with E-state index >= 15 is 0 Å². The van der Waals surface area contributed by atoms with Gasteiger partial charge in [0.05, 0.1) is 10.0 Å². The molecule has 2 aromatic rings. The first-order valence-electron chi connectivity index (χ1n) is 4.90. The van der Waals surface area contributed by atoms with Crippen LogP contribution >= 0.6 is 23.2 Å². The SMILES string of the molecule is Cc1cc(N)ccc1-c1cccc(Cl)c1Cl. The van der Waals surface area contributed by atoms with Gasteiger partial charge in [0, 0.05) is 11.3 Å². The summed E-state index contributed by atoms with van der Waals surface area (Å²) < 4.78 is 0. The highest BCUT2D eigenvalue weighted by Gasteiger charge is 2.08. The van der Waals surface area contributed by atoms with Crippen molar-refractivity contribution in [2.24, 2.45) is 0 Å². The molecule has 1 nitrogen and oxygen atoms in total. The fourth-order valence-corrected chi connectivity index (χ4v) is 2.10. The molecule has 0 saturated carbocycles. The van der Waals surface area contributed by atoms with Crippen LogP contribution in [0.3, 0.4) is 0 Å². The third kappa shape index (κ3) is 2.01. The third-order valence-electron chi connectivity index (χ3n) is 2.49. The molecule has 0 saturated heterocycles. The summed E-state index contributed by atoms with van der Waals surface area (Å²) in [5.74, 6) is 0. The second kappa shape index (κ2) is 4.36. The van der Waals surface area contributed by atoms with Crippen molar-refractivity contribution in [3.8, 4) is 11.1 Å². The largest absolute Gasteiger partial charge is 0.399 e. The summed E-state index contributed by atoms with van der Waals surface area (Å²) in [5, 5.41) is 1.15. The fourth-order valence-electron chi connectivity index (χ4n) is 1.70. The highest BCUT2D eigenvalue weighted by Crippen LogP contribution is 2.35. The quantitative estimate of drug-likeness (QED) is 0.740. The molecule has 3 heteroatoms. The standard InChI is InChI=1S/C13H11Cl2N/c1-8-7-9(16)5-6-10(8)11-3-2-4-12(14)13(11)15/h2-7H,16H2,1H3. The van der Waals surface area contributed by atoms with E-state index in [9.17, 15) is 0 Å². The molecule has 0 bridgehead atoms. The molecule has 0 atom stereocenters. The number of hydrogen-bond donors (Lipinski definition) is 1. The first kappa shape index (κ1) is 11.3. The maximum absolute atomic E-state index is 6.18. The van der Waals surface area contributed by atoms with Gasteiger partial charge >= 0.3 is 0 Å². The van der Waals surface area contributed by atoms with E-state index in [-0.39, 0.29) is 0 Å². The topological polar surface area (TPSA) is 26.0 Å². The van der Waals surface area contributed by atoms with Crippen LogP contribution in [0.15, 0.2) is 36.4 Å². The van der Waals surface area contributed by atoms with Crippen LogP contribution in [-0.2, 0) is 0 Å². The van der Waals surface area contributed by atoms with E-state index in [1.807, 2.05) is 37.3 Å². The van der Waals surface area contributed by atoms with Crippen molar-refractivity contribution < 1.29 is 0 Å². The van der Waals surface area contributed by atoms with Gasteiger partial charge in [0.15, 0.2) is 0 Å². The predicted molar refractivity (Wildman–Crippen MR) is 71.0 cm³/mol. The van der Waals surface area contributed by atoms with Crippen molar-refractivity contribution in [2.75, 3.05) is 5.73 Å². The van der Waals surface area contributed by atoms with E-state index in [0.29, 0.717) is 10.0 Å². The number of anilines is 1. The Balaban J connectivity index is 2.63. The molecule has 16 heavy (non-hydrogen) atoms. The number of halogens is 2. The van der Waals surface area contributed by atoms with Crippen LogP contribution in [0.25, 0.3) is 11.1 Å². The number of benzene rings is 2. The molecule has 0 aliphatic rings. The Kier molecular flexibility index (Phi) is 3.08. The van der Waals surface area contributed by atoms with Gasteiger partial charge in [-0.1, -0.05) is 41.4 Å². The van der Waals surface area contributed by atoms with Crippen LogP contribution in [-0.4, -0.2) is 0 Å². The zero-order valence-electron chi connectivity index (χ0n) is 8.80. The first-order chi connectivity index (χ1) is 7.59. The second-order valence-electron chi connectivity index (χ2n) is 3.68. The summed E-state index contributed by atoms with van der Waals surface area (Å²) in [5.41, 5.74) is 9.54. The summed E-state index contributed by atoms with van der Waals surface area (Å²) in [6, 6.07) is 11.4. The van der Waals surface area contributed by atoms with Gasteiger partial charge in [-0.3, -0.25) is 0 Å². The Morgan fingerprint density at radius 2 is 1.75 bits per heavy atom. The van der Waals surface area contributed by atoms with Crippen molar-refractivity contribution in [2.45, 2.75) is 6.92 Å². The second-order valence-corrected chi connectivity index (χ2v) is 4.46. The van der Waals surface area contributed by atoms with Crippen LogP contribution in [0.1, 0.15) is 5.56 Å². The lowest BCUT2D eigenvalue weighted by Crippen LogP contribution is -1.89. The molecule has 0 aliphatic heterocycles. The van der Waals surface area contributed by atoms with Crippen molar-refractivity contribution in [3.63, 3.8) is 0 Å². The maximum Gasteiger partial charge on any atom is 0.0670 e. The van der Waals surface area contributed by atoms with Crippen molar-refractivity contribution in [1.82, 2.24) is 0 Å². The van der Waals surface area contributed by atoms with Gasteiger partial charge in [-0.15, -0.1) is 0 Å². The van der Waals surface area contributed by atoms with E-state index in [4.69, 9.17) is 28.9 Å². The normalized spacial score (nSPS) is 10.4. The van der Waals surface area contributed by atoms with Gasteiger partial charge < -0.3 is 5.73 Å². The molecule has 2 N–H and O–H groups in total.